The second kappa shape index (κ2) is 13.3. The summed E-state index contributed by atoms with van der Waals surface area (Å²) in [6, 6.07) is 65.5. The Kier molecular flexibility index (Phi) is 7.64. The van der Waals surface area contributed by atoms with Gasteiger partial charge in [-0.3, -0.25) is 0 Å². The Morgan fingerprint density at radius 1 is 0.339 bits per heavy atom. The van der Waals surface area contributed by atoms with Gasteiger partial charge in [-0.2, -0.15) is 0 Å². The zero-order valence-corrected chi connectivity index (χ0v) is 30.9. The van der Waals surface area contributed by atoms with Crippen LogP contribution in [-0.2, 0) is 0 Å². The molecule has 8 aromatic carbocycles. The summed E-state index contributed by atoms with van der Waals surface area (Å²) >= 11 is 1.82. The van der Waals surface area contributed by atoms with Crippen LogP contribution in [0, 0.1) is 0 Å². The minimum Gasteiger partial charge on any atom is -0.455 e. The lowest BCUT2D eigenvalue weighted by atomic mass is 9.95. The van der Waals surface area contributed by atoms with E-state index in [-0.39, 0.29) is 0 Å². The largest absolute Gasteiger partial charge is 0.455 e. The summed E-state index contributed by atoms with van der Waals surface area (Å²) < 4.78 is 9.35. The van der Waals surface area contributed by atoms with Gasteiger partial charge in [0.15, 0.2) is 17.5 Å². The number of furan rings is 1. The number of para-hydroxylation sites is 1. The zero-order valence-electron chi connectivity index (χ0n) is 30.1. The molecular formula is C51H31N3OS. The average molecular weight is 734 g/mol. The molecule has 262 valence electrons. The molecule has 11 rings (SSSR count). The summed E-state index contributed by atoms with van der Waals surface area (Å²) in [5.41, 5.74) is 11.0. The van der Waals surface area contributed by atoms with Crippen molar-refractivity contribution in [3.8, 4) is 67.5 Å². The normalized spacial score (nSPS) is 11.6. The number of rotatable bonds is 6. The van der Waals surface area contributed by atoms with Crippen molar-refractivity contribution in [2.45, 2.75) is 0 Å². The second-order valence-corrected chi connectivity index (χ2v) is 15.0. The van der Waals surface area contributed by atoms with Gasteiger partial charge in [-0.05, 0) is 70.3 Å². The standard InChI is InChI=1S/C51H31N3OS/c1-3-14-32(15-4-1)34-18-11-20-36(30-34)49-52-50(37-21-12-19-35(31-37)33-16-5-2-6-17-33)54-51(53-49)42-29-28-39(48-47(42)40-22-7-9-25-43(40)55-48)38-24-13-27-45-46(38)41-23-8-10-26-44(41)56-45/h1-31H. The van der Waals surface area contributed by atoms with Crippen LogP contribution in [0.5, 0.6) is 0 Å². The van der Waals surface area contributed by atoms with Gasteiger partial charge in [-0.25, -0.2) is 15.0 Å². The van der Waals surface area contributed by atoms with Gasteiger partial charge in [0, 0.05) is 53.2 Å². The fourth-order valence-corrected chi connectivity index (χ4v) is 9.05. The van der Waals surface area contributed by atoms with E-state index in [2.05, 4.69) is 164 Å². The van der Waals surface area contributed by atoms with Crippen molar-refractivity contribution in [3.63, 3.8) is 0 Å². The van der Waals surface area contributed by atoms with E-state index in [1.54, 1.807) is 0 Å². The van der Waals surface area contributed by atoms with E-state index < -0.39 is 0 Å². The van der Waals surface area contributed by atoms with Crippen molar-refractivity contribution in [1.82, 2.24) is 15.0 Å². The van der Waals surface area contributed by atoms with Crippen LogP contribution in [0.1, 0.15) is 0 Å². The maximum absolute atomic E-state index is 6.83. The third-order valence-electron chi connectivity index (χ3n) is 10.6. The van der Waals surface area contributed by atoms with Gasteiger partial charge in [0.2, 0.25) is 0 Å². The highest BCUT2D eigenvalue weighted by Gasteiger charge is 2.22. The lowest BCUT2D eigenvalue weighted by Gasteiger charge is -2.12. The summed E-state index contributed by atoms with van der Waals surface area (Å²) in [5, 5.41) is 4.48. The number of thiophene rings is 1. The Morgan fingerprint density at radius 3 is 1.55 bits per heavy atom. The van der Waals surface area contributed by atoms with Crippen LogP contribution in [0.25, 0.3) is 110 Å². The molecule has 0 aliphatic rings. The molecule has 3 heterocycles. The average Bonchev–Trinajstić information content (AvgIpc) is 3.86. The fraction of sp³-hybridized carbons (Fsp3) is 0. The van der Waals surface area contributed by atoms with Crippen molar-refractivity contribution in [2.75, 3.05) is 0 Å². The van der Waals surface area contributed by atoms with Crippen molar-refractivity contribution in [3.05, 3.63) is 188 Å². The lowest BCUT2D eigenvalue weighted by molar-refractivity contribution is 0.670. The maximum Gasteiger partial charge on any atom is 0.164 e. The Balaban J connectivity index is 1.16. The Bertz CT molecular complexity index is 3160. The molecule has 0 radical (unpaired) electrons. The molecule has 0 amide bonds. The molecule has 0 bridgehead atoms. The molecule has 11 aromatic rings. The third kappa shape index (κ3) is 5.48. The third-order valence-corrected chi connectivity index (χ3v) is 11.7. The number of hydrogen-bond donors (Lipinski definition) is 0. The summed E-state index contributed by atoms with van der Waals surface area (Å²) in [7, 11) is 0. The first-order valence-corrected chi connectivity index (χ1v) is 19.5. The Hall–Kier alpha value is -7.21. The monoisotopic (exact) mass is 733 g/mol. The number of nitrogens with zero attached hydrogens (tertiary/aromatic N) is 3. The van der Waals surface area contributed by atoms with Gasteiger partial charge in [0.25, 0.3) is 0 Å². The van der Waals surface area contributed by atoms with Crippen LogP contribution in [0.15, 0.2) is 192 Å². The quantitative estimate of drug-likeness (QED) is 0.171. The smallest absolute Gasteiger partial charge is 0.164 e. The first-order chi connectivity index (χ1) is 27.7. The van der Waals surface area contributed by atoms with Crippen LogP contribution >= 0.6 is 11.3 Å². The molecule has 0 aliphatic heterocycles. The van der Waals surface area contributed by atoms with Gasteiger partial charge < -0.3 is 4.42 Å². The van der Waals surface area contributed by atoms with Crippen LogP contribution in [-0.4, -0.2) is 15.0 Å². The SMILES string of the molecule is c1ccc(-c2cccc(-c3nc(-c4cccc(-c5ccccc5)c4)nc(-c4ccc(-c5cccc6sc7ccccc7c56)c5oc6ccccc6c45)n3)c2)cc1. The lowest BCUT2D eigenvalue weighted by Crippen LogP contribution is -2.01. The van der Waals surface area contributed by atoms with Crippen molar-refractivity contribution >= 4 is 53.4 Å². The number of hydrogen-bond acceptors (Lipinski definition) is 5. The predicted molar refractivity (Wildman–Crippen MR) is 233 cm³/mol. The van der Waals surface area contributed by atoms with Gasteiger partial charge in [0.1, 0.15) is 11.2 Å². The molecule has 0 saturated carbocycles. The topological polar surface area (TPSA) is 51.8 Å². The van der Waals surface area contributed by atoms with E-state index >= 15 is 0 Å². The predicted octanol–water partition coefficient (Wildman–Crippen LogP) is 14.1. The molecular weight excluding hydrogens is 703 g/mol. The highest BCUT2D eigenvalue weighted by atomic mass is 32.1. The van der Waals surface area contributed by atoms with E-state index in [0.29, 0.717) is 17.5 Å². The van der Waals surface area contributed by atoms with E-state index in [4.69, 9.17) is 19.4 Å². The molecule has 5 heteroatoms. The van der Waals surface area contributed by atoms with Crippen LogP contribution < -0.4 is 0 Å². The van der Waals surface area contributed by atoms with E-state index in [9.17, 15) is 0 Å². The zero-order chi connectivity index (χ0) is 37.0. The summed E-state index contributed by atoms with van der Waals surface area (Å²) in [6.45, 7) is 0. The summed E-state index contributed by atoms with van der Waals surface area (Å²) in [6.07, 6.45) is 0. The van der Waals surface area contributed by atoms with E-state index in [1.807, 2.05) is 35.6 Å². The number of benzene rings is 8. The van der Waals surface area contributed by atoms with Gasteiger partial charge in [0.05, 0.1) is 0 Å². The van der Waals surface area contributed by atoms with Crippen molar-refractivity contribution in [2.24, 2.45) is 0 Å². The molecule has 0 unspecified atom stereocenters. The Labute approximate surface area is 327 Å². The van der Waals surface area contributed by atoms with E-state index in [0.717, 1.165) is 72.0 Å². The van der Waals surface area contributed by atoms with Crippen molar-refractivity contribution < 1.29 is 4.42 Å². The first-order valence-electron chi connectivity index (χ1n) is 18.7. The first kappa shape index (κ1) is 32.2. The fourth-order valence-electron chi connectivity index (χ4n) is 7.92. The highest BCUT2D eigenvalue weighted by molar-refractivity contribution is 7.25. The van der Waals surface area contributed by atoms with Gasteiger partial charge >= 0.3 is 0 Å². The van der Waals surface area contributed by atoms with Crippen LogP contribution in [0.4, 0.5) is 0 Å². The van der Waals surface area contributed by atoms with Gasteiger partial charge in [-0.1, -0.05) is 146 Å². The minimum absolute atomic E-state index is 0.586. The molecule has 56 heavy (non-hydrogen) atoms. The number of fused-ring (bicyclic) bond motifs is 6. The van der Waals surface area contributed by atoms with Gasteiger partial charge in [-0.15, -0.1) is 11.3 Å². The molecule has 0 atom stereocenters. The minimum atomic E-state index is 0.586. The molecule has 0 spiro atoms. The van der Waals surface area contributed by atoms with Crippen LogP contribution in [0.2, 0.25) is 0 Å². The molecule has 0 aliphatic carbocycles. The summed E-state index contributed by atoms with van der Waals surface area (Å²) in [5.74, 6) is 1.79. The molecule has 4 nitrogen and oxygen atoms in total. The van der Waals surface area contributed by atoms with Crippen molar-refractivity contribution in [1.29, 1.82) is 0 Å². The number of aromatic nitrogens is 3. The van der Waals surface area contributed by atoms with Crippen LogP contribution in [0.3, 0.4) is 0 Å². The summed E-state index contributed by atoms with van der Waals surface area (Å²) in [4.78, 5) is 15.7. The maximum atomic E-state index is 6.83. The molecule has 0 fully saturated rings. The molecule has 0 N–H and O–H groups in total. The second-order valence-electron chi connectivity index (χ2n) is 13.9. The highest BCUT2D eigenvalue weighted by Crippen LogP contribution is 2.46. The molecule has 0 saturated heterocycles. The Morgan fingerprint density at radius 2 is 0.857 bits per heavy atom. The molecule has 3 aromatic heterocycles. The van der Waals surface area contributed by atoms with E-state index in [1.165, 1.54) is 20.2 Å².